The first-order valence-electron chi connectivity index (χ1n) is 7.53. The molecular formula is C16H21N3O2. The summed E-state index contributed by atoms with van der Waals surface area (Å²) in [4.78, 5) is 19.6. The Morgan fingerprint density at radius 2 is 2.19 bits per heavy atom. The molecule has 3 rings (SSSR count). The molecule has 2 heterocycles. The van der Waals surface area contributed by atoms with Gasteiger partial charge < -0.3 is 15.5 Å². The Morgan fingerprint density at radius 1 is 1.43 bits per heavy atom. The van der Waals surface area contributed by atoms with Crippen LogP contribution in [-0.2, 0) is 4.84 Å². The molecule has 1 saturated heterocycles. The van der Waals surface area contributed by atoms with Gasteiger partial charge in [-0.15, -0.1) is 0 Å². The molecule has 1 fully saturated rings. The molecule has 112 valence electrons. The first kappa shape index (κ1) is 14.1. The van der Waals surface area contributed by atoms with Crippen LogP contribution in [0.3, 0.4) is 0 Å². The molecule has 2 unspecified atom stereocenters. The standard InChI is InChI=1S/C16H21N3O2/c1-11-3-2-8-19(11)16(20)13-6-4-12(5-7-13)15-9-14(10-17)21-18-15/h4-7,11,14H,2-3,8-10,17H2,1H3. The number of carbonyl (C=O) groups excluding carboxylic acids is 1. The number of benzene rings is 1. The molecule has 1 aromatic rings. The summed E-state index contributed by atoms with van der Waals surface area (Å²) in [6.07, 6.45) is 2.90. The second-order valence-corrected chi connectivity index (χ2v) is 5.77. The number of rotatable bonds is 3. The van der Waals surface area contributed by atoms with Crippen molar-refractivity contribution in [2.45, 2.75) is 38.3 Å². The lowest BCUT2D eigenvalue weighted by atomic mass is 10.0. The summed E-state index contributed by atoms with van der Waals surface area (Å²) in [6, 6.07) is 7.97. The molecule has 5 nitrogen and oxygen atoms in total. The zero-order valence-corrected chi connectivity index (χ0v) is 12.3. The molecule has 0 radical (unpaired) electrons. The van der Waals surface area contributed by atoms with Gasteiger partial charge in [0.1, 0.15) is 6.10 Å². The highest BCUT2D eigenvalue weighted by Gasteiger charge is 2.26. The minimum Gasteiger partial charge on any atom is -0.390 e. The summed E-state index contributed by atoms with van der Waals surface area (Å²) in [6.45, 7) is 3.44. The van der Waals surface area contributed by atoms with E-state index in [1.165, 1.54) is 0 Å². The van der Waals surface area contributed by atoms with Crippen LogP contribution in [-0.4, -0.2) is 41.8 Å². The van der Waals surface area contributed by atoms with Gasteiger partial charge in [0, 0.05) is 31.1 Å². The molecule has 0 aliphatic carbocycles. The van der Waals surface area contributed by atoms with Crippen LogP contribution in [0.2, 0.25) is 0 Å². The van der Waals surface area contributed by atoms with Crippen LogP contribution >= 0.6 is 0 Å². The summed E-state index contributed by atoms with van der Waals surface area (Å²) < 4.78 is 0. The second kappa shape index (κ2) is 5.85. The van der Waals surface area contributed by atoms with Gasteiger partial charge in [-0.1, -0.05) is 17.3 Å². The Morgan fingerprint density at radius 3 is 2.76 bits per heavy atom. The minimum absolute atomic E-state index is 0.0215. The molecule has 1 aromatic carbocycles. The second-order valence-electron chi connectivity index (χ2n) is 5.77. The molecule has 5 heteroatoms. The van der Waals surface area contributed by atoms with Crippen LogP contribution in [0.15, 0.2) is 29.4 Å². The Bertz CT molecular complexity index is 553. The van der Waals surface area contributed by atoms with Crippen LogP contribution < -0.4 is 5.73 Å². The predicted octanol–water partition coefficient (Wildman–Crippen LogP) is 1.76. The zero-order chi connectivity index (χ0) is 14.8. The highest BCUT2D eigenvalue weighted by molar-refractivity contribution is 6.02. The Balaban J connectivity index is 1.71. The Labute approximate surface area is 124 Å². The number of amides is 1. The van der Waals surface area contributed by atoms with Gasteiger partial charge in [0.05, 0.1) is 5.71 Å². The van der Waals surface area contributed by atoms with E-state index in [9.17, 15) is 4.79 Å². The fourth-order valence-corrected chi connectivity index (χ4v) is 2.93. The van der Waals surface area contributed by atoms with Gasteiger partial charge in [-0.25, -0.2) is 0 Å². The maximum atomic E-state index is 12.4. The lowest BCUT2D eigenvalue weighted by Gasteiger charge is -2.21. The molecule has 1 amide bonds. The van der Waals surface area contributed by atoms with Gasteiger partial charge in [-0.3, -0.25) is 4.79 Å². The summed E-state index contributed by atoms with van der Waals surface area (Å²) in [5.41, 5.74) is 8.21. The molecule has 0 saturated carbocycles. The van der Waals surface area contributed by atoms with Gasteiger partial charge in [-0.2, -0.15) is 0 Å². The summed E-state index contributed by atoms with van der Waals surface area (Å²) >= 11 is 0. The molecule has 0 bridgehead atoms. The van der Waals surface area contributed by atoms with E-state index in [1.54, 1.807) is 0 Å². The topological polar surface area (TPSA) is 67.9 Å². The van der Waals surface area contributed by atoms with E-state index in [4.69, 9.17) is 10.6 Å². The third-order valence-corrected chi connectivity index (χ3v) is 4.27. The number of nitrogens with zero attached hydrogens (tertiary/aromatic N) is 2. The number of nitrogens with two attached hydrogens (primary N) is 1. The predicted molar refractivity (Wildman–Crippen MR) is 81.3 cm³/mol. The van der Waals surface area contributed by atoms with E-state index in [-0.39, 0.29) is 12.0 Å². The monoisotopic (exact) mass is 287 g/mol. The average molecular weight is 287 g/mol. The summed E-state index contributed by atoms with van der Waals surface area (Å²) in [5.74, 6) is 0.121. The highest BCUT2D eigenvalue weighted by atomic mass is 16.6. The number of hydrogen-bond donors (Lipinski definition) is 1. The smallest absolute Gasteiger partial charge is 0.254 e. The molecule has 0 spiro atoms. The number of hydrogen-bond acceptors (Lipinski definition) is 4. The molecule has 21 heavy (non-hydrogen) atoms. The van der Waals surface area contributed by atoms with Crippen molar-refractivity contribution in [2.24, 2.45) is 10.9 Å². The highest BCUT2D eigenvalue weighted by Crippen LogP contribution is 2.21. The van der Waals surface area contributed by atoms with E-state index < -0.39 is 0 Å². The van der Waals surface area contributed by atoms with E-state index in [0.717, 1.165) is 42.6 Å². The van der Waals surface area contributed by atoms with Crippen molar-refractivity contribution in [1.82, 2.24) is 4.90 Å². The van der Waals surface area contributed by atoms with Crippen molar-refractivity contribution in [3.8, 4) is 0 Å². The van der Waals surface area contributed by atoms with Gasteiger partial charge in [0.2, 0.25) is 0 Å². The minimum atomic E-state index is -0.0215. The first-order chi connectivity index (χ1) is 10.2. The molecule has 2 aliphatic heterocycles. The van der Waals surface area contributed by atoms with Crippen LogP contribution in [0.25, 0.3) is 0 Å². The van der Waals surface area contributed by atoms with Gasteiger partial charge in [0.15, 0.2) is 0 Å². The normalized spacial score (nSPS) is 24.9. The molecule has 2 aliphatic rings. The summed E-state index contributed by atoms with van der Waals surface area (Å²) in [5, 5.41) is 4.06. The number of oxime groups is 1. The van der Waals surface area contributed by atoms with Crippen molar-refractivity contribution in [3.63, 3.8) is 0 Å². The SMILES string of the molecule is CC1CCCN1C(=O)c1ccc(C2=NOC(CN)C2)cc1. The third kappa shape index (κ3) is 2.78. The first-order valence-corrected chi connectivity index (χ1v) is 7.53. The third-order valence-electron chi connectivity index (χ3n) is 4.27. The molecule has 0 aromatic heterocycles. The fraction of sp³-hybridized carbons (Fsp3) is 0.500. The lowest BCUT2D eigenvalue weighted by Crippen LogP contribution is -2.33. The van der Waals surface area contributed by atoms with Crippen molar-refractivity contribution >= 4 is 11.6 Å². The van der Waals surface area contributed by atoms with E-state index >= 15 is 0 Å². The van der Waals surface area contributed by atoms with Gasteiger partial charge in [0.25, 0.3) is 5.91 Å². The van der Waals surface area contributed by atoms with Crippen molar-refractivity contribution in [1.29, 1.82) is 0 Å². The van der Waals surface area contributed by atoms with E-state index in [2.05, 4.69) is 12.1 Å². The number of carbonyl (C=O) groups is 1. The largest absolute Gasteiger partial charge is 0.390 e. The van der Waals surface area contributed by atoms with Crippen LogP contribution in [0.1, 0.15) is 42.1 Å². The van der Waals surface area contributed by atoms with E-state index in [0.29, 0.717) is 12.6 Å². The van der Waals surface area contributed by atoms with Crippen LogP contribution in [0, 0.1) is 0 Å². The maximum absolute atomic E-state index is 12.4. The quantitative estimate of drug-likeness (QED) is 0.921. The number of likely N-dealkylation sites (tertiary alicyclic amines) is 1. The van der Waals surface area contributed by atoms with E-state index in [1.807, 2.05) is 29.2 Å². The van der Waals surface area contributed by atoms with Crippen molar-refractivity contribution in [3.05, 3.63) is 35.4 Å². The zero-order valence-electron chi connectivity index (χ0n) is 12.3. The van der Waals surface area contributed by atoms with Crippen molar-refractivity contribution < 1.29 is 9.63 Å². The van der Waals surface area contributed by atoms with Gasteiger partial charge in [-0.05, 0) is 37.5 Å². The fourth-order valence-electron chi connectivity index (χ4n) is 2.93. The maximum Gasteiger partial charge on any atom is 0.254 e. The molecular weight excluding hydrogens is 266 g/mol. The Hall–Kier alpha value is -1.88. The van der Waals surface area contributed by atoms with Crippen LogP contribution in [0.5, 0.6) is 0 Å². The molecule has 2 N–H and O–H groups in total. The van der Waals surface area contributed by atoms with Crippen molar-refractivity contribution in [2.75, 3.05) is 13.1 Å². The lowest BCUT2D eigenvalue weighted by molar-refractivity contribution is 0.0747. The summed E-state index contributed by atoms with van der Waals surface area (Å²) in [7, 11) is 0. The average Bonchev–Trinajstić information content (AvgIpc) is 3.15. The van der Waals surface area contributed by atoms with Gasteiger partial charge >= 0.3 is 0 Å². The van der Waals surface area contributed by atoms with Crippen LogP contribution in [0.4, 0.5) is 0 Å². The Kier molecular flexibility index (Phi) is 3.92. The molecule has 2 atom stereocenters.